The first-order valence-electron chi connectivity index (χ1n) is 5.74. The topological polar surface area (TPSA) is 70.2 Å². The van der Waals surface area contributed by atoms with Gasteiger partial charge in [-0.3, -0.25) is 4.79 Å². The number of anilines is 1. The lowest BCUT2D eigenvalue weighted by atomic mass is 10.1. The molecule has 6 heteroatoms. The van der Waals surface area contributed by atoms with E-state index in [0.717, 1.165) is 0 Å². The lowest BCUT2D eigenvalue weighted by molar-refractivity contribution is -0.122. The summed E-state index contributed by atoms with van der Waals surface area (Å²) in [4.78, 5) is 22.7. The number of piperidine rings is 1. The number of para-hydroxylation sites is 1. The molecule has 0 saturated carbocycles. The van der Waals surface area contributed by atoms with Crippen molar-refractivity contribution in [3.05, 3.63) is 29.3 Å². The Morgan fingerprint density at radius 1 is 1.39 bits per heavy atom. The van der Waals surface area contributed by atoms with Gasteiger partial charge in [0.15, 0.2) is 0 Å². The number of carbonyl (C=O) groups is 2. The second kappa shape index (κ2) is 5.73. The smallest absolute Gasteiger partial charge is 0.319 e. The van der Waals surface area contributed by atoms with E-state index >= 15 is 0 Å². The number of rotatable bonds is 2. The van der Waals surface area contributed by atoms with Crippen LogP contribution in [0.3, 0.4) is 0 Å². The summed E-state index contributed by atoms with van der Waals surface area (Å²) in [5, 5.41) is 8.66. The summed E-state index contributed by atoms with van der Waals surface area (Å²) >= 11 is 5.93. The van der Waals surface area contributed by atoms with Gasteiger partial charge in [0.25, 0.3) is 0 Å². The highest BCUT2D eigenvalue weighted by Crippen LogP contribution is 2.20. The van der Waals surface area contributed by atoms with Gasteiger partial charge in [-0.2, -0.15) is 0 Å². The van der Waals surface area contributed by atoms with Gasteiger partial charge in [0.1, 0.15) is 0 Å². The largest absolute Gasteiger partial charge is 0.354 e. The summed E-state index contributed by atoms with van der Waals surface area (Å²) in [5.74, 6) is 0.0274. The highest BCUT2D eigenvalue weighted by atomic mass is 35.5. The van der Waals surface area contributed by atoms with Gasteiger partial charge in [-0.15, -0.1) is 0 Å². The number of benzene rings is 1. The molecule has 0 radical (unpaired) electrons. The van der Waals surface area contributed by atoms with Crippen LogP contribution in [0.1, 0.15) is 12.8 Å². The zero-order valence-electron chi connectivity index (χ0n) is 9.70. The van der Waals surface area contributed by atoms with Crippen molar-refractivity contribution in [2.24, 2.45) is 0 Å². The van der Waals surface area contributed by atoms with Crippen LogP contribution in [0.15, 0.2) is 24.3 Å². The third-order valence-corrected chi connectivity index (χ3v) is 3.05. The van der Waals surface area contributed by atoms with Crippen LogP contribution in [0.5, 0.6) is 0 Å². The van der Waals surface area contributed by atoms with Crippen LogP contribution < -0.4 is 16.0 Å². The summed E-state index contributed by atoms with van der Waals surface area (Å²) in [7, 11) is 0. The van der Waals surface area contributed by atoms with Crippen LogP contribution in [0.2, 0.25) is 5.02 Å². The Labute approximate surface area is 110 Å². The molecule has 18 heavy (non-hydrogen) atoms. The quantitative estimate of drug-likeness (QED) is 0.764. The van der Waals surface area contributed by atoms with Crippen molar-refractivity contribution >= 4 is 29.2 Å². The van der Waals surface area contributed by atoms with E-state index in [9.17, 15) is 9.59 Å². The van der Waals surface area contributed by atoms with Gasteiger partial charge in [-0.05, 0) is 18.6 Å². The Morgan fingerprint density at radius 2 is 2.17 bits per heavy atom. The Morgan fingerprint density at radius 3 is 2.83 bits per heavy atom. The fourth-order valence-corrected chi connectivity index (χ4v) is 1.95. The Bertz CT molecular complexity index is 454. The first-order valence-corrected chi connectivity index (χ1v) is 6.11. The van der Waals surface area contributed by atoms with E-state index in [1.54, 1.807) is 24.3 Å². The molecule has 0 unspecified atom stereocenters. The summed E-state index contributed by atoms with van der Waals surface area (Å²) in [5.41, 5.74) is 0.566. The molecule has 2 rings (SSSR count). The Hall–Kier alpha value is -1.75. The Balaban J connectivity index is 1.86. The third-order valence-electron chi connectivity index (χ3n) is 2.72. The van der Waals surface area contributed by atoms with Crippen molar-refractivity contribution < 1.29 is 9.59 Å². The molecule has 1 heterocycles. The lowest BCUT2D eigenvalue weighted by Crippen LogP contribution is -2.48. The average Bonchev–Trinajstić information content (AvgIpc) is 2.35. The molecule has 1 aliphatic heterocycles. The van der Waals surface area contributed by atoms with Crippen molar-refractivity contribution in [2.75, 3.05) is 11.9 Å². The zero-order valence-corrected chi connectivity index (χ0v) is 10.5. The molecule has 3 N–H and O–H groups in total. The minimum Gasteiger partial charge on any atom is -0.354 e. The molecule has 1 fully saturated rings. The average molecular weight is 268 g/mol. The fourth-order valence-electron chi connectivity index (χ4n) is 1.76. The van der Waals surface area contributed by atoms with E-state index in [1.807, 2.05) is 0 Å². The molecule has 1 saturated heterocycles. The van der Waals surface area contributed by atoms with Gasteiger partial charge < -0.3 is 16.0 Å². The molecule has 1 atom stereocenters. The number of nitrogens with one attached hydrogen (secondary N) is 3. The van der Waals surface area contributed by atoms with Gasteiger partial charge in [-0.25, -0.2) is 4.79 Å². The number of hydrogen-bond donors (Lipinski definition) is 3. The van der Waals surface area contributed by atoms with Crippen molar-refractivity contribution in [3.8, 4) is 0 Å². The summed E-state index contributed by atoms with van der Waals surface area (Å²) in [6, 6.07) is 6.67. The van der Waals surface area contributed by atoms with Crippen molar-refractivity contribution in [1.82, 2.24) is 10.6 Å². The van der Waals surface area contributed by atoms with Crippen LogP contribution >= 0.6 is 11.6 Å². The molecule has 96 valence electrons. The molecule has 1 aromatic carbocycles. The molecule has 1 aromatic rings. The minimum atomic E-state index is -0.316. The Kier molecular flexibility index (Phi) is 4.04. The maximum Gasteiger partial charge on any atom is 0.319 e. The highest BCUT2D eigenvalue weighted by molar-refractivity contribution is 6.33. The molecule has 0 aliphatic carbocycles. The zero-order chi connectivity index (χ0) is 13.0. The first kappa shape index (κ1) is 12.7. The lowest BCUT2D eigenvalue weighted by Gasteiger charge is -2.23. The molecular weight excluding hydrogens is 254 g/mol. The number of urea groups is 1. The predicted molar refractivity (Wildman–Crippen MR) is 69.6 cm³/mol. The maximum absolute atomic E-state index is 11.7. The SMILES string of the molecule is O=C1CC[C@H](NC(=O)Nc2ccccc2Cl)CN1. The van der Waals surface area contributed by atoms with Crippen molar-refractivity contribution in [1.29, 1.82) is 0 Å². The fraction of sp³-hybridized carbons (Fsp3) is 0.333. The molecule has 5 nitrogen and oxygen atoms in total. The summed E-state index contributed by atoms with van der Waals surface area (Å²) < 4.78 is 0. The molecule has 3 amide bonds. The standard InChI is InChI=1S/C12H14ClN3O2/c13-9-3-1-2-4-10(9)16-12(18)15-8-5-6-11(17)14-7-8/h1-4,8H,5-7H2,(H,14,17)(H2,15,16,18)/t8-/m0/s1. The number of amides is 3. The normalized spacial score (nSPS) is 18.9. The van der Waals surface area contributed by atoms with E-state index in [1.165, 1.54) is 0 Å². The van der Waals surface area contributed by atoms with Crippen LogP contribution in [-0.4, -0.2) is 24.5 Å². The maximum atomic E-state index is 11.7. The van der Waals surface area contributed by atoms with Gasteiger partial charge >= 0.3 is 6.03 Å². The highest BCUT2D eigenvalue weighted by Gasteiger charge is 2.19. The van der Waals surface area contributed by atoms with Crippen molar-refractivity contribution in [3.63, 3.8) is 0 Å². The van der Waals surface area contributed by atoms with Crippen LogP contribution in [0.25, 0.3) is 0 Å². The summed E-state index contributed by atoms with van der Waals surface area (Å²) in [6.07, 6.45) is 1.10. The third kappa shape index (κ3) is 3.37. The monoisotopic (exact) mass is 267 g/mol. The predicted octanol–water partition coefficient (Wildman–Crippen LogP) is 1.74. The number of hydrogen-bond acceptors (Lipinski definition) is 2. The number of halogens is 1. The van der Waals surface area contributed by atoms with E-state index in [0.29, 0.717) is 30.1 Å². The van der Waals surface area contributed by atoms with Gasteiger partial charge in [0.05, 0.1) is 10.7 Å². The molecular formula is C12H14ClN3O2. The van der Waals surface area contributed by atoms with Crippen LogP contribution in [-0.2, 0) is 4.79 Å². The minimum absolute atomic E-state index is 0.0274. The van der Waals surface area contributed by atoms with E-state index < -0.39 is 0 Å². The van der Waals surface area contributed by atoms with Gasteiger partial charge in [0, 0.05) is 19.0 Å². The second-order valence-corrected chi connectivity index (χ2v) is 4.53. The van der Waals surface area contributed by atoms with Gasteiger partial charge in [-0.1, -0.05) is 23.7 Å². The van der Waals surface area contributed by atoms with Crippen LogP contribution in [0.4, 0.5) is 10.5 Å². The molecule has 0 aromatic heterocycles. The molecule has 0 spiro atoms. The first-order chi connectivity index (χ1) is 8.65. The molecule has 0 bridgehead atoms. The van der Waals surface area contributed by atoms with Crippen LogP contribution in [0, 0.1) is 0 Å². The van der Waals surface area contributed by atoms with E-state index in [-0.39, 0.29) is 18.0 Å². The van der Waals surface area contributed by atoms with E-state index in [4.69, 9.17) is 11.6 Å². The number of carbonyl (C=O) groups excluding carboxylic acids is 2. The van der Waals surface area contributed by atoms with Gasteiger partial charge in [0.2, 0.25) is 5.91 Å². The van der Waals surface area contributed by atoms with Crippen molar-refractivity contribution in [2.45, 2.75) is 18.9 Å². The second-order valence-electron chi connectivity index (χ2n) is 4.12. The molecule has 1 aliphatic rings. The van der Waals surface area contributed by atoms with E-state index in [2.05, 4.69) is 16.0 Å². The summed E-state index contributed by atoms with van der Waals surface area (Å²) in [6.45, 7) is 0.467.